The topological polar surface area (TPSA) is 54.4 Å². The van der Waals surface area contributed by atoms with Crippen LogP contribution in [0.1, 0.15) is 12.8 Å². The fraction of sp³-hybridized carbons (Fsp3) is 0.250. The minimum Gasteiger partial charge on any atom is -0.478 e. The summed E-state index contributed by atoms with van der Waals surface area (Å²) in [5.41, 5.74) is 0. The van der Waals surface area contributed by atoms with Gasteiger partial charge in [0.05, 0.1) is 0 Å². The second-order valence-electron chi connectivity index (χ2n) is 1.84. The fourth-order valence-electron chi connectivity index (χ4n) is 0.443. The van der Waals surface area contributed by atoms with Crippen molar-refractivity contribution >= 4 is 11.8 Å². The first kappa shape index (κ1) is 9.44. The van der Waals surface area contributed by atoms with Gasteiger partial charge in [-0.25, -0.2) is 4.79 Å². The van der Waals surface area contributed by atoms with Gasteiger partial charge in [0.15, 0.2) is 5.78 Å². The number of hydrogen-bond donors (Lipinski definition) is 1. The lowest BCUT2D eigenvalue weighted by molar-refractivity contribution is -0.131. The molecule has 11 heavy (non-hydrogen) atoms. The molecule has 0 fully saturated rings. The van der Waals surface area contributed by atoms with E-state index in [2.05, 4.69) is 5.92 Å². The summed E-state index contributed by atoms with van der Waals surface area (Å²) >= 11 is 0. The highest BCUT2D eigenvalue weighted by molar-refractivity contribution is 5.95. The molecule has 0 aliphatic carbocycles. The Labute approximate surface area is 64.7 Å². The maximum absolute atomic E-state index is 10.7. The van der Waals surface area contributed by atoms with Gasteiger partial charge in [-0.1, -0.05) is 0 Å². The lowest BCUT2D eigenvalue weighted by Gasteiger charge is -1.85. The molecule has 0 amide bonds. The monoisotopic (exact) mass is 152 g/mol. The van der Waals surface area contributed by atoms with Crippen LogP contribution in [0.2, 0.25) is 0 Å². The molecule has 0 saturated heterocycles. The summed E-state index contributed by atoms with van der Waals surface area (Å²) in [4.78, 5) is 20.6. The molecule has 0 aromatic heterocycles. The first-order valence-corrected chi connectivity index (χ1v) is 3.04. The molecule has 3 nitrogen and oxygen atoms in total. The van der Waals surface area contributed by atoms with Crippen molar-refractivity contribution in [1.82, 2.24) is 0 Å². The third kappa shape index (κ3) is 6.32. The van der Waals surface area contributed by atoms with E-state index in [1.807, 2.05) is 0 Å². The minimum absolute atomic E-state index is 0.209. The number of rotatable bonds is 4. The predicted octanol–water partition coefficient (Wildman–Crippen LogP) is 0.610. The molecule has 3 heteroatoms. The minimum atomic E-state index is -1.13. The summed E-state index contributed by atoms with van der Waals surface area (Å²) < 4.78 is 0. The number of carboxylic acid groups (broad SMARTS) is 1. The van der Waals surface area contributed by atoms with E-state index in [0.717, 1.165) is 12.2 Å². The molecule has 0 heterocycles. The summed E-state index contributed by atoms with van der Waals surface area (Å²) in [5.74, 6) is 0.899. The van der Waals surface area contributed by atoms with Crippen LogP contribution < -0.4 is 0 Å². The zero-order valence-electron chi connectivity index (χ0n) is 5.91. The highest BCUT2D eigenvalue weighted by atomic mass is 16.4. The van der Waals surface area contributed by atoms with E-state index < -0.39 is 5.97 Å². The van der Waals surface area contributed by atoms with Crippen LogP contribution in [-0.2, 0) is 9.59 Å². The van der Waals surface area contributed by atoms with E-state index in [-0.39, 0.29) is 12.2 Å². The van der Waals surface area contributed by atoms with Crippen LogP contribution >= 0.6 is 0 Å². The average molecular weight is 152 g/mol. The van der Waals surface area contributed by atoms with Crippen LogP contribution in [0.25, 0.3) is 0 Å². The highest BCUT2D eigenvalue weighted by Crippen LogP contribution is 1.90. The van der Waals surface area contributed by atoms with Crippen LogP contribution in [0.5, 0.6) is 0 Å². The number of aliphatic carboxylic acids is 1. The molecule has 0 rings (SSSR count). The standard InChI is InChI=1S/C8H8O3/c1-2-3-4-7(9)5-6-8(10)11/h1,5-6H,3-4H2,(H,10,11)/b6-5-. The van der Waals surface area contributed by atoms with Crippen LogP contribution in [0.3, 0.4) is 0 Å². The third-order valence-electron chi connectivity index (χ3n) is 0.928. The van der Waals surface area contributed by atoms with Crippen molar-refractivity contribution in [3.8, 4) is 12.3 Å². The number of carboxylic acids is 1. The van der Waals surface area contributed by atoms with Gasteiger partial charge in [0.1, 0.15) is 0 Å². The molecule has 58 valence electrons. The summed E-state index contributed by atoms with van der Waals surface area (Å²) in [6.45, 7) is 0. The van der Waals surface area contributed by atoms with Crippen molar-refractivity contribution in [3.63, 3.8) is 0 Å². The molecule has 0 spiro atoms. The largest absolute Gasteiger partial charge is 0.478 e. The van der Waals surface area contributed by atoms with Gasteiger partial charge >= 0.3 is 5.97 Å². The maximum Gasteiger partial charge on any atom is 0.328 e. The molecule has 0 aromatic rings. The maximum atomic E-state index is 10.7. The van der Waals surface area contributed by atoms with Crippen molar-refractivity contribution in [2.45, 2.75) is 12.8 Å². The number of terminal acetylenes is 1. The Bertz CT molecular complexity index is 220. The second-order valence-corrected chi connectivity index (χ2v) is 1.84. The van der Waals surface area contributed by atoms with Crippen LogP contribution in [0.15, 0.2) is 12.2 Å². The lowest BCUT2D eigenvalue weighted by Crippen LogP contribution is -1.94. The quantitative estimate of drug-likeness (QED) is 0.474. The van der Waals surface area contributed by atoms with Gasteiger partial charge in [-0.2, -0.15) is 0 Å². The first-order valence-electron chi connectivity index (χ1n) is 3.04. The molecule has 0 atom stereocenters. The highest BCUT2D eigenvalue weighted by Gasteiger charge is 1.94. The summed E-state index contributed by atoms with van der Waals surface area (Å²) in [6, 6.07) is 0. The van der Waals surface area contributed by atoms with Crippen molar-refractivity contribution in [1.29, 1.82) is 0 Å². The molecular formula is C8H8O3. The van der Waals surface area contributed by atoms with Crippen molar-refractivity contribution < 1.29 is 14.7 Å². The molecule has 0 aliphatic rings. The SMILES string of the molecule is C#CCCC(=O)/C=C\C(=O)O. The molecule has 1 N–H and O–H groups in total. The van der Waals surface area contributed by atoms with Crippen LogP contribution in [-0.4, -0.2) is 16.9 Å². The number of hydrogen-bond acceptors (Lipinski definition) is 2. The third-order valence-corrected chi connectivity index (χ3v) is 0.928. The Morgan fingerprint density at radius 2 is 2.09 bits per heavy atom. The number of carbonyl (C=O) groups is 2. The van der Waals surface area contributed by atoms with Crippen molar-refractivity contribution in [3.05, 3.63) is 12.2 Å². The van der Waals surface area contributed by atoms with E-state index in [9.17, 15) is 9.59 Å². The number of ketones is 1. The molecule has 0 aliphatic heterocycles. The molecule has 0 aromatic carbocycles. The molecule has 0 bridgehead atoms. The Morgan fingerprint density at radius 1 is 1.45 bits per heavy atom. The summed E-state index contributed by atoms with van der Waals surface area (Å²) in [5, 5.41) is 8.11. The predicted molar refractivity (Wildman–Crippen MR) is 39.8 cm³/mol. The van der Waals surface area contributed by atoms with Gasteiger partial charge in [0.25, 0.3) is 0 Å². The molecule has 0 radical (unpaired) electrons. The second kappa shape index (κ2) is 5.24. The van der Waals surface area contributed by atoms with Crippen molar-refractivity contribution in [2.75, 3.05) is 0 Å². The van der Waals surface area contributed by atoms with Gasteiger partial charge in [-0.3, -0.25) is 4.79 Å². The Morgan fingerprint density at radius 3 is 2.55 bits per heavy atom. The van der Waals surface area contributed by atoms with E-state index in [1.165, 1.54) is 0 Å². The Hall–Kier alpha value is -1.56. The van der Waals surface area contributed by atoms with Crippen LogP contribution in [0.4, 0.5) is 0 Å². The van der Waals surface area contributed by atoms with E-state index >= 15 is 0 Å². The Balaban J connectivity index is 3.71. The lowest BCUT2D eigenvalue weighted by atomic mass is 10.2. The van der Waals surface area contributed by atoms with Gasteiger partial charge < -0.3 is 5.11 Å². The fourth-order valence-corrected chi connectivity index (χ4v) is 0.443. The van der Waals surface area contributed by atoms with E-state index in [0.29, 0.717) is 6.42 Å². The number of carbonyl (C=O) groups excluding carboxylic acids is 1. The Kier molecular flexibility index (Phi) is 4.50. The summed E-state index contributed by atoms with van der Waals surface area (Å²) in [6.07, 6.45) is 7.27. The average Bonchev–Trinajstić information content (AvgIpc) is 1.97. The first-order chi connectivity index (χ1) is 5.16. The van der Waals surface area contributed by atoms with E-state index in [1.54, 1.807) is 0 Å². The van der Waals surface area contributed by atoms with Gasteiger partial charge in [-0.15, -0.1) is 12.3 Å². The zero-order chi connectivity index (χ0) is 8.69. The molecule has 0 unspecified atom stereocenters. The number of allylic oxidation sites excluding steroid dienone is 1. The molecule has 0 saturated carbocycles. The zero-order valence-corrected chi connectivity index (χ0v) is 5.91. The summed E-state index contributed by atoms with van der Waals surface area (Å²) in [7, 11) is 0. The molecular weight excluding hydrogens is 144 g/mol. The smallest absolute Gasteiger partial charge is 0.328 e. The normalized spacial score (nSPS) is 9.36. The van der Waals surface area contributed by atoms with Gasteiger partial charge in [0.2, 0.25) is 0 Å². The van der Waals surface area contributed by atoms with Gasteiger partial charge in [-0.05, 0) is 6.08 Å². The van der Waals surface area contributed by atoms with Crippen LogP contribution in [0, 0.1) is 12.3 Å². The van der Waals surface area contributed by atoms with Gasteiger partial charge in [0, 0.05) is 18.9 Å². The van der Waals surface area contributed by atoms with Crippen molar-refractivity contribution in [2.24, 2.45) is 0 Å². The van der Waals surface area contributed by atoms with E-state index in [4.69, 9.17) is 11.5 Å².